The number of aliphatic carboxylic acids is 1. The van der Waals surface area contributed by atoms with Crippen LogP contribution in [0.25, 0.3) is 0 Å². The van der Waals surface area contributed by atoms with Crippen LogP contribution in [0.1, 0.15) is 26.7 Å². The number of nitrogens with one attached hydrogen (secondary N) is 1. The summed E-state index contributed by atoms with van der Waals surface area (Å²) in [5.41, 5.74) is 0.812. The lowest BCUT2D eigenvalue weighted by Crippen LogP contribution is -2.42. The maximum absolute atomic E-state index is 12.3. The highest BCUT2D eigenvalue weighted by Gasteiger charge is 2.27. The summed E-state index contributed by atoms with van der Waals surface area (Å²) in [5, 5.41) is 12.4. The lowest BCUT2D eigenvalue weighted by Gasteiger charge is -2.30. The van der Waals surface area contributed by atoms with Gasteiger partial charge in [-0.05, 0) is 25.0 Å². The molecular weight excluding hydrogens is 300 g/mol. The topological polar surface area (TPSA) is 69.6 Å². The first-order chi connectivity index (χ1) is 10.5. The average molecular weight is 322 g/mol. The van der Waals surface area contributed by atoms with Crippen LogP contribution in [-0.2, 0) is 4.79 Å². The van der Waals surface area contributed by atoms with Crippen LogP contribution in [0, 0.1) is 5.92 Å². The van der Waals surface area contributed by atoms with Crippen LogP contribution >= 0.6 is 11.8 Å². The van der Waals surface area contributed by atoms with Gasteiger partial charge in [0.1, 0.15) is 0 Å². The number of amides is 2. The minimum atomic E-state index is -0.765. The third-order valence-electron chi connectivity index (χ3n) is 3.62. The lowest BCUT2D eigenvalue weighted by molar-refractivity contribution is -0.143. The second-order valence-electron chi connectivity index (χ2n) is 5.69. The van der Waals surface area contributed by atoms with E-state index in [0.717, 1.165) is 10.6 Å². The molecule has 22 heavy (non-hydrogen) atoms. The van der Waals surface area contributed by atoms with E-state index in [2.05, 4.69) is 19.2 Å². The molecule has 0 aromatic heterocycles. The first-order valence-corrected chi connectivity index (χ1v) is 8.39. The van der Waals surface area contributed by atoms with Crippen molar-refractivity contribution in [1.82, 2.24) is 4.90 Å². The van der Waals surface area contributed by atoms with Gasteiger partial charge in [-0.3, -0.25) is 4.79 Å². The summed E-state index contributed by atoms with van der Waals surface area (Å²) in [6, 6.07) is 7.60. The zero-order valence-electron chi connectivity index (χ0n) is 12.9. The normalized spacial score (nSPS) is 15.9. The van der Waals surface area contributed by atoms with Crippen LogP contribution < -0.4 is 5.32 Å². The Labute approximate surface area is 135 Å². The Bertz CT molecular complexity index is 540. The Kier molecular flexibility index (Phi) is 5.71. The number of para-hydroxylation sites is 1. The van der Waals surface area contributed by atoms with Gasteiger partial charge < -0.3 is 15.3 Å². The predicted octanol–water partition coefficient (Wildman–Crippen LogP) is 3.52. The van der Waals surface area contributed by atoms with Crippen molar-refractivity contribution in [2.75, 3.05) is 18.4 Å². The van der Waals surface area contributed by atoms with Crippen molar-refractivity contribution in [3.05, 3.63) is 24.3 Å². The molecule has 0 unspecified atom stereocenters. The summed E-state index contributed by atoms with van der Waals surface area (Å²) < 4.78 is 0. The van der Waals surface area contributed by atoms with E-state index in [0.29, 0.717) is 31.2 Å². The van der Waals surface area contributed by atoms with Crippen molar-refractivity contribution in [3.63, 3.8) is 0 Å². The first-order valence-electron chi connectivity index (χ1n) is 7.51. The molecule has 1 saturated heterocycles. The van der Waals surface area contributed by atoms with Crippen LogP contribution in [0.15, 0.2) is 29.2 Å². The lowest BCUT2D eigenvalue weighted by atomic mass is 9.97. The Balaban J connectivity index is 1.97. The molecule has 5 nitrogen and oxygen atoms in total. The largest absolute Gasteiger partial charge is 0.481 e. The standard InChI is InChI=1S/C16H22N2O3S/c1-11(2)22-14-6-4-3-5-13(14)17-16(21)18-9-7-12(8-10-18)15(19)20/h3-6,11-12H,7-10H2,1-2H3,(H,17,21)(H,19,20). The molecular formula is C16H22N2O3S. The summed E-state index contributed by atoms with van der Waals surface area (Å²) in [4.78, 5) is 26.0. The highest BCUT2D eigenvalue weighted by Crippen LogP contribution is 2.30. The molecule has 1 aromatic carbocycles. The van der Waals surface area contributed by atoms with E-state index in [1.165, 1.54) is 0 Å². The molecule has 1 aromatic rings. The zero-order valence-corrected chi connectivity index (χ0v) is 13.7. The van der Waals surface area contributed by atoms with Crippen LogP contribution in [-0.4, -0.2) is 40.3 Å². The molecule has 120 valence electrons. The van der Waals surface area contributed by atoms with Gasteiger partial charge in [0.2, 0.25) is 0 Å². The number of thioether (sulfide) groups is 1. The van der Waals surface area contributed by atoms with Crippen molar-refractivity contribution in [3.8, 4) is 0 Å². The van der Waals surface area contributed by atoms with E-state index in [1.54, 1.807) is 16.7 Å². The minimum Gasteiger partial charge on any atom is -0.481 e. The summed E-state index contributed by atoms with van der Waals surface area (Å²) in [5.74, 6) is -1.09. The number of anilines is 1. The fraction of sp³-hybridized carbons (Fsp3) is 0.500. The van der Waals surface area contributed by atoms with Gasteiger partial charge in [0.05, 0.1) is 11.6 Å². The van der Waals surface area contributed by atoms with Gasteiger partial charge in [0, 0.05) is 23.2 Å². The third-order valence-corrected chi connectivity index (χ3v) is 4.70. The van der Waals surface area contributed by atoms with E-state index in [1.807, 2.05) is 24.3 Å². The molecule has 0 bridgehead atoms. The molecule has 2 rings (SSSR count). The Morgan fingerprint density at radius 3 is 2.50 bits per heavy atom. The van der Waals surface area contributed by atoms with Gasteiger partial charge in [-0.2, -0.15) is 0 Å². The van der Waals surface area contributed by atoms with E-state index < -0.39 is 5.97 Å². The fourth-order valence-corrected chi connectivity index (χ4v) is 3.36. The average Bonchev–Trinajstić information content (AvgIpc) is 2.48. The Hall–Kier alpha value is -1.69. The maximum atomic E-state index is 12.3. The number of carboxylic acids is 1. The number of rotatable bonds is 4. The molecule has 1 aliphatic rings. The van der Waals surface area contributed by atoms with Crippen LogP contribution in [0.2, 0.25) is 0 Å². The monoisotopic (exact) mass is 322 g/mol. The molecule has 1 heterocycles. The van der Waals surface area contributed by atoms with Gasteiger partial charge in [0.25, 0.3) is 0 Å². The number of benzene rings is 1. The zero-order chi connectivity index (χ0) is 16.1. The molecule has 1 aliphatic heterocycles. The van der Waals surface area contributed by atoms with Crippen LogP contribution in [0.4, 0.5) is 10.5 Å². The second kappa shape index (κ2) is 7.54. The number of nitrogens with zero attached hydrogens (tertiary/aromatic N) is 1. The molecule has 2 amide bonds. The van der Waals surface area contributed by atoms with Crippen molar-refractivity contribution in [2.24, 2.45) is 5.92 Å². The Morgan fingerprint density at radius 1 is 1.27 bits per heavy atom. The van der Waals surface area contributed by atoms with Crippen LogP contribution in [0.5, 0.6) is 0 Å². The van der Waals surface area contributed by atoms with Gasteiger partial charge in [0.15, 0.2) is 0 Å². The molecule has 2 N–H and O–H groups in total. The van der Waals surface area contributed by atoms with E-state index in [9.17, 15) is 9.59 Å². The number of likely N-dealkylation sites (tertiary alicyclic amines) is 1. The third kappa shape index (κ3) is 4.40. The summed E-state index contributed by atoms with van der Waals surface area (Å²) in [6.07, 6.45) is 1.04. The molecule has 1 fully saturated rings. The van der Waals surface area contributed by atoms with Gasteiger partial charge in [-0.15, -0.1) is 11.8 Å². The van der Waals surface area contributed by atoms with Crippen molar-refractivity contribution in [1.29, 1.82) is 0 Å². The number of piperidine rings is 1. The maximum Gasteiger partial charge on any atom is 0.321 e. The molecule has 0 aliphatic carbocycles. The number of carbonyl (C=O) groups excluding carboxylic acids is 1. The molecule has 0 atom stereocenters. The molecule has 0 radical (unpaired) electrons. The van der Waals surface area contributed by atoms with Crippen molar-refractivity contribution < 1.29 is 14.7 Å². The number of carboxylic acid groups (broad SMARTS) is 1. The van der Waals surface area contributed by atoms with Crippen molar-refractivity contribution >= 4 is 29.4 Å². The predicted molar refractivity (Wildman–Crippen MR) is 88.4 cm³/mol. The Morgan fingerprint density at radius 2 is 1.91 bits per heavy atom. The summed E-state index contributed by atoms with van der Waals surface area (Å²) in [6.45, 7) is 5.20. The fourth-order valence-electron chi connectivity index (χ4n) is 2.45. The summed E-state index contributed by atoms with van der Waals surface area (Å²) >= 11 is 1.71. The van der Waals surface area contributed by atoms with E-state index >= 15 is 0 Å². The number of urea groups is 1. The van der Waals surface area contributed by atoms with Gasteiger partial charge in [-0.25, -0.2) is 4.79 Å². The minimum absolute atomic E-state index is 0.152. The second-order valence-corrected chi connectivity index (χ2v) is 7.31. The number of carbonyl (C=O) groups is 2. The number of hydrogen-bond acceptors (Lipinski definition) is 3. The van der Waals surface area contributed by atoms with Crippen molar-refractivity contribution in [2.45, 2.75) is 36.8 Å². The quantitative estimate of drug-likeness (QED) is 0.832. The molecule has 6 heteroatoms. The summed E-state index contributed by atoms with van der Waals surface area (Å²) in [7, 11) is 0. The van der Waals surface area contributed by atoms with E-state index in [-0.39, 0.29) is 11.9 Å². The number of hydrogen-bond donors (Lipinski definition) is 2. The van der Waals surface area contributed by atoms with Gasteiger partial charge >= 0.3 is 12.0 Å². The molecule has 0 spiro atoms. The highest BCUT2D eigenvalue weighted by atomic mass is 32.2. The first kappa shape index (κ1) is 16.7. The van der Waals surface area contributed by atoms with Crippen LogP contribution in [0.3, 0.4) is 0 Å². The molecule has 0 saturated carbocycles. The van der Waals surface area contributed by atoms with E-state index in [4.69, 9.17) is 5.11 Å². The highest BCUT2D eigenvalue weighted by molar-refractivity contribution is 8.00. The smallest absolute Gasteiger partial charge is 0.321 e. The SMILES string of the molecule is CC(C)Sc1ccccc1NC(=O)N1CCC(C(=O)O)CC1. The van der Waals surface area contributed by atoms with Gasteiger partial charge in [-0.1, -0.05) is 26.0 Å².